The molecule has 0 aliphatic carbocycles. The molecule has 0 saturated carbocycles. The highest BCUT2D eigenvalue weighted by Gasteiger charge is 2.31. The number of nitrogens with one attached hydrogen (secondary N) is 3. The molecule has 2 aliphatic heterocycles. The molecule has 12 heteroatoms. The van der Waals surface area contributed by atoms with Gasteiger partial charge < -0.3 is 25.3 Å². The van der Waals surface area contributed by atoms with Crippen LogP contribution in [0.3, 0.4) is 0 Å². The van der Waals surface area contributed by atoms with Crippen molar-refractivity contribution in [1.82, 2.24) is 30.3 Å². The lowest BCUT2D eigenvalue weighted by atomic mass is 10.0. The Balaban J connectivity index is 1.15. The zero-order chi connectivity index (χ0) is 32.8. The lowest BCUT2D eigenvalue weighted by molar-refractivity contribution is -0.274. The van der Waals surface area contributed by atoms with E-state index in [2.05, 4.69) is 65.5 Å². The Labute approximate surface area is 277 Å². The standard InChI is InChI=1S/C35H40ClF3N6O2/c36-31-5-2-1-4-27(31)23-44-18-16-43(17-19-44)22-25-6-11-33-29(20-25)30(26-7-9-28(10-8-26)47-35(37,38)39)24-45(33)15-3-12-42-34(46)32-21-40-13-14-41-32/h1-2,4-11,20,24,32,40-41H,3,12-19,21-23H2,(H,42,46). The van der Waals surface area contributed by atoms with Gasteiger partial charge in [0.2, 0.25) is 5.91 Å². The number of hydrogen-bond acceptors (Lipinski definition) is 6. The van der Waals surface area contributed by atoms with E-state index in [0.717, 1.165) is 91.4 Å². The highest BCUT2D eigenvalue weighted by atomic mass is 35.5. The summed E-state index contributed by atoms with van der Waals surface area (Å²) in [5, 5.41) is 11.3. The Kier molecular flexibility index (Phi) is 10.7. The maximum atomic E-state index is 12.8. The molecular formula is C35H40ClF3N6O2. The first-order valence-electron chi connectivity index (χ1n) is 16.1. The maximum Gasteiger partial charge on any atom is 0.573 e. The summed E-state index contributed by atoms with van der Waals surface area (Å²) < 4.78 is 44.6. The molecule has 8 nitrogen and oxygen atoms in total. The van der Waals surface area contributed by atoms with Crippen LogP contribution in [-0.4, -0.2) is 85.0 Å². The van der Waals surface area contributed by atoms with Crippen molar-refractivity contribution in [2.75, 3.05) is 52.4 Å². The van der Waals surface area contributed by atoms with Gasteiger partial charge in [0.25, 0.3) is 0 Å². The summed E-state index contributed by atoms with van der Waals surface area (Å²) >= 11 is 6.39. The topological polar surface area (TPSA) is 73.8 Å². The first-order valence-corrected chi connectivity index (χ1v) is 16.5. The Bertz CT molecular complexity index is 1650. The van der Waals surface area contributed by atoms with E-state index in [0.29, 0.717) is 19.6 Å². The van der Waals surface area contributed by atoms with Crippen LogP contribution in [0.25, 0.3) is 22.0 Å². The second-order valence-corrected chi connectivity index (χ2v) is 12.6. The van der Waals surface area contributed by atoms with Crippen LogP contribution in [0.15, 0.2) is 72.9 Å². The molecule has 47 heavy (non-hydrogen) atoms. The van der Waals surface area contributed by atoms with Gasteiger partial charge in [0.1, 0.15) is 5.75 Å². The zero-order valence-electron chi connectivity index (χ0n) is 26.2. The van der Waals surface area contributed by atoms with Gasteiger partial charge in [-0.2, -0.15) is 0 Å². The number of alkyl halides is 3. The first kappa shape index (κ1) is 33.3. The maximum absolute atomic E-state index is 12.8. The van der Waals surface area contributed by atoms with Crippen LogP contribution in [0.1, 0.15) is 17.5 Å². The van der Waals surface area contributed by atoms with Crippen LogP contribution in [0.2, 0.25) is 5.02 Å². The van der Waals surface area contributed by atoms with Gasteiger partial charge in [-0.25, -0.2) is 0 Å². The molecule has 3 aromatic carbocycles. The third-order valence-electron chi connectivity index (χ3n) is 8.80. The fourth-order valence-electron chi connectivity index (χ4n) is 6.35. The molecule has 2 fully saturated rings. The molecule has 2 saturated heterocycles. The molecule has 6 rings (SSSR count). The van der Waals surface area contributed by atoms with Crippen molar-refractivity contribution in [2.24, 2.45) is 0 Å². The fraction of sp³-hybridized carbons (Fsp3) is 0.400. The lowest BCUT2D eigenvalue weighted by Gasteiger charge is -2.35. The number of aromatic nitrogens is 1. The molecule has 1 unspecified atom stereocenters. The third-order valence-corrected chi connectivity index (χ3v) is 9.17. The van der Waals surface area contributed by atoms with E-state index in [4.69, 9.17) is 11.6 Å². The van der Waals surface area contributed by atoms with Gasteiger partial charge in [0.15, 0.2) is 0 Å². The fourth-order valence-corrected chi connectivity index (χ4v) is 6.54. The Hall–Kier alpha value is -3.61. The summed E-state index contributed by atoms with van der Waals surface area (Å²) in [7, 11) is 0. The van der Waals surface area contributed by atoms with Crippen molar-refractivity contribution >= 4 is 28.4 Å². The summed E-state index contributed by atoms with van der Waals surface area (Å²) in [5.41, 5.74) is 5.09. The van der Waals surface area contributed by atoms with Crippen LogP contribution < -0.4 is 20.7 Å². The van der Waals surface area contributed by atoms with Crippen LogP contribution in [0.4, 0.5) is 13.2 Å². The van der Waals surface area contributed by atoms with E-state index in [1.165, 1.54) is 17.7 Å². The van der Waals surface area contributed by atoms with E-state index in [1.807, 2.05) is 18.2 Å². The Morgan fingerprint density at radius 2 is 1.70 bits per heavy atom. The minimum atomic E-state index is -4.74. The summed E-state index contributed by atoms with van der Waals surface area (Å²) in [6.07, 6.45) is -1.96. The highest BCUT2D eigenvalue weighted by molar-refractivity contribution is 6.31. The van der Waals surface area contributed by atoms with E-state index < -0.39 is 6.36 Å². The number of ether oxygens (including phenoxy) is 1. The van der Waals surface area contributed by atoms with Crippen LogP contribution in [0.5, 0.6) is 5.75 Å². The van der Waals surface area contributed by atoms with Gasteiger partial charge in [-0.15, -0.1) is 13.2 Å². The Morgan fingerprint density at radius 3 is 2.40 bits per heavy atom. The van der Waals surface area contributed by atoms with Crippen molar-refractivity contribution < 1.29 is 22.7 Å². The highest BCUT2D eigenvalue weighted by Crippen LogP contribution is 2.34. The number of rotatable bonds is 11. The van der Waals surface area contributed by atoms with E-state index in [-0.39, 0.29) is 17.7 Å². The van der Waals surface area contributed by atoms with Gasteiger partial charge in [-0.05, 0) is 53.4 Å². The predicted molar refractivity (Wildman–Crippen MR) is 178 cm³/mol. The number of carbonyl (C=O) groups excluding carboxylic acids is 1. The van der Waals surface area contributed by atoms with Gasteiger partial charge >= 0.3 is 6.36 Å². The average Bonchev–Trinajstić information content (AvgIpc) is 3.42. The van der Waals surface area contributed by atoms with Crippen LogP contribution in [0, 0.1) is 0 Å². The number of carbonyl (C=O) groups is 1. The molecule has 1 amide bonds. The van der Waals surface area contributed by atoms with Gasteiger partial charge in [-0.3, -0.25) is 14.6 Å². The lowest BCUT2D eigenvalue weighted by Crippen LogP contribution is -2.55. The van der Waals surface area contributed by atoms with E-state index >= 15 is 0 Å². The monoisotopic (exact) mass is 668 g/mol. The van der Waals surface area contributed by atoms with Crippen molar-refractivity contribution in [3.8, 4) is 16.9 Å². The molecule has 250 valence electrons. The molecule has 3 heterocycles. The third kappa shape index (κ3) is 8.85. The minimum absolute atomic E-state index is 0.00856. The van der Waals surface area contributed by atoms with Gasteiger partial charge in [0.05, 0.1) is 6.04 Å². The molecule has 1 aromatic heterocycles. The smallest absolute Gasteiger partial charge is 0.406 e. The normalized spacial score (nSPS) is 18.0. The molecule has 1 atom stereocenters. The minimum Gasteiger partial charge on any atom is -0.406 e. The first-order chi connectivity index (χ1) is 22.7. The SMILES string of the molecule is O=C(NCCCn1cc(-c2ccc(OC(F)(F)F)cc2)c2cc(CN3CCN(Cc4ccccc4Cl)CC3)ccc21)C1CNCCN1. The van der Waals surface area contributed by atoms with Crippen molar-refractivity contribution in [2.45, 2.75) is 38.5 Å². The van der Waals surface area contributed by atoms with Crippen molar-refractivity contribution in [3.05, 3.63) is 89.1 Å². The molecule has 4 aromatic rings. The number of fused-ring (bicyclic) bond motifs is 1. The predicted octanol–water partition coefficient (Wildman–Crippen LogP) is 5.25. The Morgan fingerprint density at radius 1 is 0.957 bits per heavy atom. The molecule has 2 aliphatic rings. The van der Waals surface area contributed by atoms with Crippen molar-refractivity contribution in [1.29, 1.82) is 0 Å². The number of piperazine rings is 2. The van der Waals surface area contributed by atoms with Crippen molar-refractivity contribution in [3.63, 3.8) is 0 Å². The number of hydrogen-bond donors (Lipinski definition) is 3. The molecule has 0 radical (unpaired) electrons. The number of halogens is 4. The van der Waals surface area contributed by atoms with Gasteiger partial charge in [-0.1, -0.05) is 48.0 Å². The molecule has 3 N–H and O–H groups in total. The molecular weight excluding hydrogens is 629 g/mol. The van der Waals surface area contributed by atoms with Gasteiger partial charge in [0, 0.05) is 99.7 Å². The number of benzene rings is 3. The van der Waals surface area contributed by atoms with E-state index in [1.54, 1.807) is 12.1 Å². The van der Waals surface area contributed by atoms with Crippen LogP contribution >= 0.6 is 11.6 Å². The summed E-state index contributed by atoms with van der Waals surface area (Å²) in [6.45, 7) is 8.86. The second-order valence-electron chi connectivity index (χ2n) is 12.2. The average molecular weight is 669 g/mol. The number of aryl methyl sites for hydroxylation is 1. The molecule has 0 spiro atoms. The summed E-state index contributed by atoms with van der Waals surface area (Å²) in [5.74, 6) is -0.261. The number of amides is 1. The molecule has 0 bridgehead atoms. The zero-order valence-corrected chi connectivity index (χ0v) is 26.9. The quantitative estimate of drug-likeness (QED) is 0.190. The summed E-state index contributed by atoms with van der Waals surface area (Å²) in [4.78, 5) is 17.4. The largest absolute Gasteiger partial charge is 0.573 e. The van der Waals surface area contributed by atoms with E-state index in [9.17, 15) is 18.0 Å². The van der Waals surface area contributed by atoms with Crippen LogP contribution in [-0.2, 0) is 24.4 Å². The number of nitrogens with zero attached hydrogens (tertiary/aromatic N) is 3. The second kappa shape index (κ2) is 15.1. The summed E-state index contributed by atoms with van der Waals surface area (Å²) in [6, 6.07) is 20.3.